The molecule has 1 aliphatic carbocycles. The van der Waals surface area contributed by atoms with Crippen LogP contribution < -0.4 is 4.74 Å². The Morgan fingerprint density at radius 1 is 0.966 bits per heavy atom. The summed E-state index contributed by atoms with van der Waals surface area (Å²) >= 11 is 0. The summed E-state index contributed by atoms with van der Waals surface area (Å²) in [5, 5.41) is 0. The molecule has 0 spiro atoms. The van der Waals surface area contributed by atoms with Crippen molar-refractivity contribution in [1.82, 2.24) is 0 Å². The molecule has 1 aliphatic rings. The molecule has 1 fully saturated rings. The average molecular weight is 391 g/mol. The summed E-state index contributed by atoms with van der Waals surface area (Å²) in [6, 6.07) is 16.2. The van der Waals surface area contributed by atoms with E-state index in [0.29, 0.717) is 11.7 Å². The largest absolute Gasteiger partial charge is 0.423 e. The molecule has 2 heteroatoms. The molecule has 0 saturated heterocycles. The topological polar surface area (TPSA) is 26.3 Å². The van der Waals surface area contributed by atoms with Gasteiger partial charge in [0.1, 0.15) is 5.75 Å². The maximum Gasteiger partial charge on any atom is 0.336 e. The van der Waals surface area contributed by atoms with Crippen molar-refractivity contribution in [2.45, 2.75) is 71.1 Å². The van der Waals surface area contributed by atoms with Crippen LogP contribution in [0.5, 0.6) is 5.75 Å². The first-order valence-corrected chi connectivity index (χ1v) is 11.2. The van der Waals surface area contributed by atoms with Crippen molar-refractivity contribution in [2.75, 3.05) is 0 Å². The number of esters is 1. The lowest BCUT2D eigenvalue weighted by atomic mass is 9.77. The summed E-state index contributed by atoms with van der Waals surface area (Å²) in [5.74, 6) is 1.86. The summed E-state index contributed by atoms with van der Waals surface area (Å²) in [7, 11) is 0. The van der Waals surface area contributed by atoms with Gasteiger partial charge in [-0.05, 0) is 73.8 Å². The van der Waals surface area contributed by atoms with Gasteiger partial charge in [0.15, 0.2) is 0 Å². The molecule has 0 N–H and O–H groups in total. The molecule has 0 amide bonds. The van der Waals surface area contributed by atoms with E-state index in [9.17, 15) is 4.79 Å². The van der Waals surface area contributed by atoms with Gasteiger partial charge >= 0.3 is 5.97 Å². The number of rotatable bonds is 8. The van der Waals surface area contributed by atoms with E-state index in [4.69, 9.17) is 4.74 Å². The fourth-order valence-corrected chi connectivity index (χ4v) is 4.27. The zero-order valence-electron chi connectivity index (χ0n) is 17.9. The number of carbonyl (C=O) groups is 1. The maximum absolute atomic E-state index is 12.1. The normalized spacial score (nSPS) is 19.4. The standard InChI is InChI=1S/C27H34O2/c1-3-4-5-6-22-11-14-24(15-12-22)25-16-18-26(19-17-25)29-27(28)20-13-23-9-7-21(2)8-10-23/h7-10,13,16-20,22,24H,3-6,11-12,14-15H2,1-2H3/b20-13-. The summed E-state index contributed by atoms with van der Waals surface area (Å²) in [6.07, 6.45) is 14.0. The van der Waals surface area contributed by atoms with Crippen LogP contribution in [-0.2, 0) is 4.79 Å². The van der Waals surface area contributed by atoms with Gasteiger partial charge in [0.05, 0.1) is 0 Å². The Balaban J connectivity index is 1.46. The lowest BCUT2D eigenvalue weighted by molar-refractivity contribution is -0.128. The number of benzene rings is 2. The number of hydrogen-bond acceptors (Lipinski definition) is 2. The summed E-state index contributed by atoms with van der Waals surface area (Å²) < 4.78 is 5.45. The Hall–Kier alpha value is -2.35. The molecule has 0 aliphatic heterocycles. The third-order valence-corrected chi connectivity index (χ3v) is 6.12. The molecular formula is C27H34O2. The van der Waals surface area contributed by atoms with Crippen molar-refractivity contribution in [3.8, 4) is 5.75 Å². The highest BCUT2D eigenvalue weighted by atomic mass is 16.5. The molecular weight excluding hydrogens is 356 g/mol. The lowest BCUT2D eigenvalue weighted by Gasteiger charge is -2.29. The molecule has 0 radical (unpaired) electrons. The van der Waals surface area contributed by atoms with Crippen molar-refractivity contribution < 1.29 is 9.53 Å². The average Bonchev–Trinajstić information content (AvgIpc) is 2.75. The molecule has 0 unspecified atom stereocenters. The van der Waals surface area contributed by atoms with Gasteiger partial charge in [0.25, 0.3) is 0 Å². The number of aryl methyl sites for hydroxylation is 1. The molecule has 0 atom stereocenters. The highest BCUT2D eigenvalue weighted by Crippen LogP contribution is 2.38. The van der Waals surface area contributed by atoms with Gasteiger partial charge in [-0.15, -0.1) is 0 Å². The molecule has 2 aromatic carbocycles. The predicted molar refractivity (Wildman–Crippen MR) is 121 cm³/mol. The molecule has 3 rings (SSSR count). The van der Waals surface area contributed by atoms with E-state index in [1.165, 1.54) is 68.6 Å². The number of hydrogen-bond donors (Lipinski definition) is 0. The van der Waals surface area contributed by atoms with Crippen molar-refractivity contribution in [2.24, 2.45) is 5.92 Å². The van der Waals surface area contributed by atoms with Crippen LogP contribution in [0, 0.1) is 12.8 Å². The fraction of sp³-hybridized carbons (Fsp3) is 0.444. The Morgan fingerprint density at radius 3 is 2.31 bits per heavy atom. The number of ether oxygens (including phenoxy) is 1. The Kier molecular flexibility index (Phi) is 8.10. The highest BCUT2D eigenvalue weighted by Gasteiger charge is 2.22. The second-order valence-electron chi connectivity index (χ2n) is 8.45. The van der Waals surface area contributed by atoms with Crippen LogP contribution in [0.15, 0.2) is 54.6 Å². The van der Waals surface area contributed by atoms with E-state index in [1.807, 2.05) is 43.3 Å². The monoisotopic (exact) mass is 390 g/mol. The summed E-state index contributed by atoms with van der Waals surface area (Å²) in [6.45, 7) is 4.32. The van der Waals surface area contributed by atoms with Crippen LogP contribution in [0.4, 0.5) is 0 Å². The first kappa shape index (κ1) is 21.4. The van der Waals surface area contributed by atoms with E-state index in [2.05, 4.69) is 19.1 Å². The van der Waals surface area contributed by atoms with Crippen molar-refractivity contribution in [1.29, 1.82) is 0 Å². The molecule has 154 valence electrons. The predicted octanol–water partition coefficient (Wildman–Crippen LogP) is 7.47. The van der Waals surface area contributed by atoms with Crippen LogP contribution in [0.3, 0.4) is 0 Å². The highest BCUT2D eigenvalue weighted by molar-refractivity contribution is 5.88. The first-order chi connectivity index (χ1) is 14.1. The van der Waals surface area contributed by atoms with Crippen LogP contribution in [0.25, 0.3) is 6.08 Å². The van der Waals surface area contributed by atoms with Crippen LogP contribution >= 0.6 is 0 Å². The minimum Gasteiger partial charge on any atom is -0.423 e. The zero-order valence-corrected chi connectivity index (χ0v) is 17.9. The SMILES string of the molecule is CCCCCC1CCC(c2ccc(OC(=O)/C=C\c3ccc(C)cc3)cc2)CC1. The quantitative estimate of drug-likeness (QED) is 0.202. The van der Waals surface area contributed by atoms with Crippen molar-refractivity contribution >= 4 is 12.0 Å². The second kappa shape index (κ2) is 11.0. The molecule has 29 heavy (non-hydrogen) atoms. The van der Waals surface area contributed by atoms with Crippen LogP contribution in [0.1, 0.15) is 80.9 Å². The van der Waals surface area contributed by atoms with Crippen LogP contribution in [-0.4, -0.2) is 5.97 Å². The molecule has 0 aromatic heterocycles. The van der Waals surface area contributed by atoms with Gasteiger partial charge in [-0.25, -0.2) is 4.79 Å². The van der Waals surface area contributed by atoms with E-state index in [0.717, 1.165) is 11.5 Å². The van der Waals surface area contributed by atoms with Gasteiger partial charge < -0.3 is 4.74 Å². The van der Waals surface area contributed by atoms with Crippen molar-refractivity contribution in [3.63, 3.8) is 0 Å². The Labute approximate surface area is 176 Å². The lowest BCUT2D eigenvalue weighted by Crippen LogP contribution is -2.13. The van der Waals surface area contributed by atoms with Gasteiger partial charge in [0, 0.05) is 6.08 Å². The van der Waals surface area contributed by atoms with E-state index in [-0.39, 0.29) is 5.97 Å². The molecule has 0 heterocycles. The van der Waals surface area contributed by atoms with Gasteiger partial charge in [-0.2, -0.15) is 0 Å². The van der Waals surface area contributed by atoms with Gasteiger partial charge in [-0.1, -0.05) is 74.6 Å². The Bertz CT molecular complexity index is 778. The van der Waals surface area contributed by atoms with Gasteiger partial charge in [-0.3, -0.25) is 0 Å². The number of carbonyl (C=O) groups excluding carboxylic acids is 1. The summed E-state index contributed by atoms with van der Waals surface area (Å²) in [5.41, 5.74) is 3.58. The van der Waals surface area contributed by atoms with E-state index in [1.54, 1.807) is 6.08 Å². The summed E-state index contributed by atoms with van der Waals surface area (Å²) in [4.78, 5) is 12.1. The number of unbranched alkanes of at least 4 members (excludes halogenated alkanes) is 2. The third-order valence-electron chi connectivity index (χ3n) is 6.12. The van der Waals surface area contributed by atoms with Crippen molar-refractivity contribution in [3.05, 3.63) is 71.3 Å². The zero-order chi connectivity index (χ0) is 20.5. The first-order valence-electron chi connectivity index (χ1n) is 11.2. The van der Waals surface area contributed by atoms with Crippen LogP contribution in [0.2, 0.25) is 0 Å². The minimum absolute atomic E-state index is 0.342. The fourth-order valence-electron chi connectivity index (χ4n) is 4.27. The smallest absolute Gasteiger partial charge is 0.336 e. The molecule has 1 saturated carbocycles. The molecule has 2 aromatic rings. The Morgan fingerprint density at radius 2 is 1.66 bits per heavy atom. The van der Waals surface area contributed by atoms with Gasteiger partial charge in [0.2, 0.25) is 0 Å². The van der Waals surface area contributed by atoms with E-state index < -0.39 is 0 Å². The molecule has 2 nitrogen and oxygen atoms in total. The third kappa shape index (κ3) is 6.88. The maximum atomic E-state index is 12.1. The second-order valence-corrected chi connectivity index (χ2v) is 8.45. The minimum atomic E-state index is -0.342. The van der Waals surface area contributed by atoms with E-state index >= 15 is 0 Å². The molecule has 0 bridgehead atoms.